The number of nitrogens with one attached hydrogen (secondary N) is 2. The third kappa shape index (κ3) is 5.53. The number of ether oxygens (including phenoxy) is 2. The minimum absolute atomic E-state index is 0.0823. The molecule has 1 aromatic rings. The van der Waals surface area contributed by atoms with E-state index in [2.05, 4.69) is 10.6 Å². The topological polar surface area (TPSA) is 76.7 Å². The maximum atomic E-state index is 12.3. The van der Waals surface area contributed by atoms with Crippen LogP contribution in [0.25, 0.3) is 0 Å². The lowest BCUT2D eigenvalue weighted by molar-refractivity contribution is -0.124. The van der Waals surface area contributed by atoms with Crippen molar-refractivity contribution in [1.82, 2.24) is 10.6 Å². The van der Waals surface area contributed by atoms with E-state index in [0.717, 1.165) is 32.1 Å². The molecule has 1 saturated carbocycles. The van der Waals surface area contributed by atoms with E-state index in [1.165, 1.54) is 7.11 Å². The van der Waals surface area contributed by atoms with Crippen LogP contribution in [-0.4, -0.2) is 38.6 Å². The minimum atomic E-state index is -0.276. The number of halogens is 1. The van der Waals surface area contributed by atoms with Gasteiger partial charge < -0.3 is 20.1 Å². The maximum Gasteiger partial charge on any atom is 0.251 e. The van der Waals surface area contributed by atoms with Crippen molar-refractivity contribution in [3.8, 4) is 11.5 Å². The van der Waals surface area contributed by atoms with Crippen LogP contribution >= 0.6 is 11.6 Å². The zero-order valence-electron chi connectivity index (χ0n) is 15.4. The van der Waals surface area contributed by atoms with Crippen LogP contribution in [0.4, 0.5) is 0 Å². The highest BCUT2D eigenvalue weighted by Crippen LogP contribution is 2.36. The Morgan fingerprint density at radius 1 is 1.19 bits per heavy atom. The molecule has 144 valence electrons. The highest BCUT2D eigenvalue weighted by Gasteiger charge is 2.22. The van der Waals surface area contributed by atoms with Gasteiger partial charge in [0.15, 0.2) is 11.5 Å². The van der Waals surface area contributed by atoms with Gasteiger partial charge in [-0.25, -0.2) is 0 Å². The normalized spacial score (nSPS) is 14.1. The molecule has 7 heteroatoms. The molecule has 0 atom stereocenters. The van der Waals surface area contributed by atoms with Gasteiger partial charge in [-0.3, -0.25) is 9.59 Å². The van der Waals surface area contributed by atoms with E-state index < -0.39 is 0 Å². The van der Waals surface area contributed by atoms with Gasteiger partial charge in [-0.05, 0) is 31.4 Å². The Hall–Kier alpha value is -1.95. The molecule has 26 heavy (non-hydrogen) atoms. The summed E-state index contributed by atoms with van der Waals surface area (Å²) in [6, 6.07) is 3.16. The Balaban J connectivity index is 1.86. The van der Waals surface area contributed by atoms with Crippen LogP contribution in [0.5, 0.6) is 11.5 Å². The molecule has 0 aliphatic heterocycles. The first-order valence-corrected chi connectivity index (χ1v) is 9.50. The monoisotopic (exact) mass is 382 g/mol. The van der Waals surface area contributed by atoms with Gasteiger partial charge in [-0.15, -0.1) is 0 Å². The Labute approximate surface area is 159 Å². The molecule has 2 rings (SSSR count). The molecule has 0 aromatic heterocycles. The third-order valence-corrected chi connectivity index (χ3v) is 4.66. The number of carbonyl (C=O) groups excluding carboxylic acids is 2. The Bertz CT molecular complexity index is 630. The summed E-state index contributed by atoms with van der Waals surface area (Å²) < 4.78 is 10.9. The number of methoxy groups -OCH3 is 1. The zero-order valence-corrected chi connectivity index (χ0v) is 16.2. The fraction of sp³-hybridized carbons (Fsp3) is 0.579. The molecule has 6 nitrogen and oxygen atoms in total. The molecule has 0 saturated heterocycles. The standard InChI is InChI=1S/C19H27ClN2O4/c1-3-10-26-17-15(20)11-14(12-16(17)25-2)19(24)22-9-8-21-18(23)13-6-4-5-7-13/h11-13H,3-10H2,1-2H3,(H,21,23)(H,22,24). The molecule has 1 aromatic carbocycles. The maximum absolute atomic E-state index is 12.3. The molecule has 0 spiro atoms. The van der Waals surface area contributed by atoms with E-state index in [9.17, 15) is 9.59 Å². The average Bonchev–Trinajstić information content (AvgIpc) is 3.18. The summed E-state index contributed by atoms with van der Waals surface area (Å²) in [5.41, 5.74) is 0.387. The predicted octanol–water partition coefficient (Wildman–Crippen LogP) is 3.17. The van der Waals surface area contributed by atoms with Gasteiger partial charge in [0.2, 0.25) is 5.91 Å². The summed E-state index contributed by atoms with van der Waals surface area (Å²) in [6.07, 6.45) is 5.00. The first-order chi connectivity index (χ1) is 12.6. The van der Waals surface area contributed by atoms with Gasteiger partial charge in [0.05, 0.1) is 18.7 Å². The molecule has 1 aliphatic carbocycles. The van der Waals surface area contributed by atoms with Crippen LogP contribution in [0.3, 0.4) is 0 Å². The molecular formula is C19H27ClN2O4. The summed E-state index contributed by atoms with van der Waals surface area (Å²) in [7, 11) is 1.50. The van der Waals surface area contributed by atoms with Crippen molar-refractivity contribution in [3.63, 3.8) is 0 Å². The fourth-order valence-electron chi connectivity index (χ4n) is 2.99. The lowest BCUT2D eigenvalue weighted by atomic mass is 10.1. The van der Waals surface area contributed by atoms with Gasteiger partial charge >= 0.3 is 0 Å². The molecule has 1 fully saturated rings. The van der Waals surface area contributed by atoms with Gasteiger partial charge in [-0.1, -0.05) is 31.4 Å². The molecule has 2 N–H and O–H groups in total. The average molecular weight is 383 g/mol. The Kier molecular flexibility index (Phi) is 8.04. The molecule has 0 unspecified atom stereocenters. The number of carbonyl (C=O) groups is 2. The van der Waals surface area contributed by atoms with E-state index in [4.69, 9.17) is 21.1 Å². The molecule has 1 aliphatic rings. The van der Waals surface area contributed by atoms with E-state index >= 15 is 0 Å². The second-order valence-electron chi connectivity index (χ2n) is 6.37. The number of hydrogen-bond acceptors (Lipinski definition) is 4. The number of rotatable bonds is 9. The highest BCUT2D eigenvalue weighted by molar-refractivity contribution is 6.32. The second-order valence-corrected chi connectivity index (χ2v) is 6.77. The van der Waals surface area contributed by atoms with Gasteiger partial charge in [0.25, 0.3) is 5.91 Å². The van der Waals surface area contributed by atoms with Gasteiger partial charge in [0, 0.05) is 24.6 Å². The first kappa shape index (κ1) is 20.4. The molecule has 0 heterocycles. The minimum Gasteiger partial charge on any atom is -0.493 e. The lowest BCUT2D eigenvalue weighted by Crippen LogP contribution is -2.37. The van der Waals surface area contributed by atoms with Crippen molar-refractivity contribution in [2.45, 2.75) is 39.0 Å². The van der Waals surface area contributed by atoms with Crippen molar-refractivity contribution < 1.29 is 19.1 Å². The fourth-order valence-corrected chi connectivity index (χ4v) is 3.26. The van der Waals surface area contributed by atoms with Crippen LogP contribution in [0.15, 0.2) is 12.1 Å². The van der Waals surface area contributed by atoms with Crippen molar-refractivity contribution >= 4 is 23.4 Å². The molecular weight excluding hydrogens is 356 g/mol. The first-order valence-electron chi connectivity index (χ1n) is 9.13. The Morgan fingerprint density at radius 3 is 2.54 bits per heavy atom. The summed E-state index contributed by atoms with van der Waals surface area (Å²) >= 11 is 6.23. The molecule has 0 bridgehead atoms. The number of benzene rings is 1. The summed E-state index contributed by atoms with van der Waals surface area (Å²) in [5.74, 6) is 0.799. The van der Waals surface area contributed by atoms with Crippen LogP contribution in [0, 0.1) is 5.92 Å². The van der Waals surface area contributed by atoms with Crippen molar-refractivity contribution in [2.75, 3.05) is 26.8 Å². The summed E-state index contributed by atoms with van der Waals surface area (Å²) in [6.45, 7) is 3.27. The van der Waals surface area contributed by atoms with Crippen LogP contribution in [0.1, 0.15) is 49.4 Å². The van der Waals surface area contributed by atoms with E-state index in [0.29, 0.717) is 41.8 Å². The Morgan fingerprint density at radius 2 is 1.88 bits per heavy atom. The SMILES string of the molecule is CCCOc1c(Cl)cc(C(=O)NCCNC(=O)C2CCCC2)cc1OC. The zero-order chi connectivity index (χ0) is 18.9. The third-order valence-electron chi connectivity index (χ3n) is 4.38. The number of amides is 2. The van der Waals surface area contributed by atoms with E-state index in [1.807, 2.05) is 6.92 Å². The highest BCUT2D eigenvalue weighted by atomic mass is 35.5. The van der Waals surface area contributed by atoms with Crippen LogP contribution < -0.4 is 20.1 Å². The summed E-state index contributed by atoms with van der Waals surface area (Å²) in [4.78, 5) is 24.3. The smallest absolute Gasteiger partial charge is 0.251 e. The predicted molar refractivity (Wildman–Crippen MR) is 101 cm³/mol. The largest absolute Gasteiger partial charge is 0.493 e. The van der Waals surface area contributed by atoms with Crippen LogP contribution in [0.2, 0.25) is 5.02 Å². The number of hydrogen-bond donors (Lipinski definition) is 2. The van der Waals surface area contributed by atoms with Gasteiger partial charge in [-0.2, -0.15) is 0 Å². The summed E-state index contributed by atoms with van der Waals surface area (Å²) in [5, 5.41) is 5.98. The van der Waals surface area contributed by atoms with E-state index in [-0.39, 0.29) is 17.7 Å². The van der Waals surface area contributed by atoms with Crippen molar-refractivity contribution in [1.29, 1.82) is 0 Å². The second kappa shape index (κ2) is 10.3. The quantitative estimate of drug-likeness (QED) is 0.643. The van der Waals surface area contributed by atoms with Crippen LogP contribution in [-0.2, 0) is 4.79 Å². The van der Waals surface area contributed by atoms with E-state index in [1.54, 1.807) is 12.1 Å². The van der Waals surface area contributed by atoms with Crippen molar-refractivity contribution in [3.05, 3.63) is 22.7 Å². The molecule has 0 radical (unpaired) electrons. The molecule has 2 amide bonds. The lowest BCUT2D eigenvalue weighted by Gasteiger charge is -2.14. The van der Waals surface area contributed by atoms with Gasteiger partial charge in [0.1, 0.15) is 0 Å². The van der Waals surface area contributed by atoms with Crippen molar-refractivity contribution in [2.24, 2.45) is 5.92 Å².